The summed E-state index contributed by atoms with van der Waals surface area (Å²) in [5.74, 6) is -6.87. The number of aliphatic hydroxyl groups excluding tert-OH is 1. The molecule has 1 aliphatic rings. The number of likely N-dealkylation sites (tertiary alicyclic amines) is 1. The van der Waals surface area contributed by atoms with Gasteiger partial charge in [-0.25, -0.2) is 4.79 Å². The lowest BCUT2D eigenvalue weighted by Gasteiger charge is -2.30. The Morgan fingerprint density at radius 2 is 1.52 bits per heavy atom. The number of carbonyl (C=O) groups is 7. The van der Waals surface area contributed by atoms with Gasteiger partial charge in [0.1, 0.15) is 30.2 Å². The number of nitrogens with one attached hydrogen (secondary N) is 4. The summed E-state index contributed by atoms with van der Waals surface area (Å²) >= 11 is 0. The van der Waals surface area contributed by atoms with Gasteiger partial charge in [0.25, 0.3) is 0 Å². The second-order valence-corrected chi connectivity index (χ2v) is 11.3. The lowest BCUT2D eigenvalue weighted by Crippen LogP contribution is -2.59. The molecule has 260 valence electrons. The maximum absolute atomic E-state index is 13.4. The van der Waals surface area contributed by atoms with E-state index >= 15 is 0 Å². The number of aliphatic imine (C=N–C) groups is 1. The summed E-state index contributed by atoms with van der Waals surface area (Å²) in [6, 6.07) is -7.26. The molecule has 0 aromatic heterocycles. The van der Waals surface area contributed by atoms with Crippen LogP contribution in [0.4, 0.5) is 0 Å². The average molecular weight is 658 g/mol. The molecule has 5 amide bonds. The first kappa shape index (κ1) is 39.5. The average Bonchev–Trinajstić information content (AvgIpc) is 3.47. The van der Waals surface area contributed by atoms with Crippen molar-refractivity contribution in [3.8, 4) is 0 Å². The number of carboxylic acid groups (broad SMARTS) is 2. The van der Waals surface area contributed by atoms with Crippen LogP contribution in [-0.4, -0.2) is 124 Å². The predicted octanol–water partition coefficient (Wildman–Crippen LogP) is -4.08. The van der Waals surface area contributed by atoms with Crippen LogP contribution in [0, 0.1) is 5.92 Å². The number of guanidine groups is 1. The third-order valence-electron chi connectivity index (χ3n) is 7.20. The summed E-state index contributed by atoms with van der Waals surface area (Å²) in [4.78, 5) is 92.3. The van der Waals surface area contributed by atoms with Gasteiger partial charge in [0.2, 0.25) is 29.5 Å². The SMILES string of the molecule is CC(NC(=O)C(N)CCC(=O)O)C(=O)N1CCCC1C(=O)NC(C(=O)NC(CCCN=C(N)N)C(=O)NC(CO)C(=O)O)C(C)C. The zero-order valence-electron chi connectivity index (χ0n) is 26.2. The summed E-state index contributed by atoms with van der Waals surface area (Å²) < 4.78 is 0. The van der Waals surface area contributed by atoms with E-state index in [1.807, 2.05) is 0 Å². The van der Waals surface area contributed by atoms with Gasteiger partial charge in [-0.1, -0.05) is 13.8 Å². The largest absolute Gasteiger partial charge is 0.481 e. The fourth-order valence-electron chi connectivity index (χ4n) is 4.62. The van der Waals surface area contributed by atoms with Crippen LogP contribution in [0.25, 0.3) is 0 Å². The third kappa shape index (κ3) is 12.8. The summed E-state index contributed by atoms with van der Waals surface area (Å²) in [6.45, 7) is 4.12. The summed E-state index contributed by atoms with van der Waals surface area (Å²) in [6.07, 6.45) is 0.481. The van der Waals surface area contributed by atoms with Crippen LogP contribution < -0.4 is 38.5 Å². The number of hydrogen-bond donors (Lipinski definition) is 10. The molecule has 0 saturated carbocycles. The molecule has 46 heavy (non-hydrogen) atoms. The number of carboxylic acids is 2. The second kappa shape index (κ2) is 19.1. The van der Waals surface area contributed by atoms with Crippen molar-refractivity contribution in [2.24, 2.45) is 28.1 Å². The van der Waals surface area contributed by atoms with Gasteiger partial charge >= 0.3 is 11.9 Å². The lowest BCUT2D eigenvalue weighted by molar-refractivity contribution is -0.143. The van der Waals surface area contributed by atoms with E-state index in [1.165, 1.54) is 11.8 Å². The van der Waals surface area contributed by atoms with Crippen molar-refractivity contribution in [1.82, 2.24) is 26.2 Å². The van der Waals surface area contributed by atoms with E-state index in [9.17, 15) is 43.8 Å². The number of nitrogens with zero attached hydrogens (tertiary/aromatic N) is 2. The van der Waals surface area contributed by atoms with Gasteiger partial charge in [-0.15, -0.1) is 0 Å². The van der Waals surface area contributed by atoms with Gasteiger partial charge in [0.15, 0.2) is 5.96 Å². The van der Waals surface area contributed by atoms with Gasteiger partial charge in [-0.05, 0) is 44.9 Å². The molecule has 1 aliphatic heterocycles. The van der Waals surface area contributed by atoms with Gasteiger partial charge in [-0.2, -0.15) is 0 Å². The molecule has 19 heteroatoms. The Morgan fingerprint density at radius 3 is 2.07 bits per heavy atom. The number of rotatable bonds is 19. The second-order valence-electron chi connectivity index (χ2n) is 11.3. The highest BCUT2D eigenvalue weighted by atomic mass is 16.4. The van der Waals surface area contributed by atoms with Gasteiger partial charge in [0, 0.05) is 19.5 Å². The molecule has 6 atom stereocenters. The van der Waals surface area contributed by atoms with E-state index in [1.54, 1.807) is 13.8 Å². The molecule has 1 rings (SSSR count). The smallest absolute Gasteiger partial charge is 0.328 e. The summed E-state index contributed by atoms with van der Waals surface area (Å²) in [7, 11) is 0. The molecule has 0 bridgehead atoms. The van der Waals surface area contributed by atoms with E-state index in [-0.39, 0.29) is 51.2 Å². The van der Waals surface area contributed by atoms with Gasteiger partial charge in [0.05, 0.1) is 12.6 Å². The van der Waals surface area contributed by atoms with Crippen molar-refractivity contribution >= 4 is 47.4 Å². The van der Waals surface area contributed by atoms with E-state index < -0.39 is 90.3 Å². The van der Waals surface area contributed by atoms with Crippen LogP contribution in [-0.2, 0) is 33.6 Å². The monoisotopic (exact) mass is 657 g/mol. The van der Waals surface area contributed by atoms with Crippen LogP contribution in [0.2, 0.25) is 0 Å². The molecule has 19 nitrogen and oxygen atoms in total. The van der Waals surface area contributed by atoms with Crippen LogP contribution in [0.1, 0.15) is 59.3 Å². The minimum absolute atomic E-state index is 0.0145. The molecular weight excluding hydrogens is 610 g/mol. The van der Waals surface area contributed by atoms with E-state index in [0.717, 1.165) is 0 Å². The van der Waals surface area contributed by atoms with Gasteiger partial charge < -0.3 is 58.7 Å². The minimum atomic E-state index is -1.62. The minimum Gasteiger partial charge on any atom is -0.481 e. The first-order valence-corrected chi connectivity index (χ1v) is 14.9. The predicted molar refractivity (Wildman–Crippen MR) is 162 cm³/mol. The van der Waals surface area contributed by atoms with Crippen LogP contribution in [0.15, 0.2) is 4.99 Å². The number of hydrogen-bond acceptors (Lipinski definition) is 10. The first-order valence-electron chi connectivity index (χ1n) is 14.9. The lowest BCUT2D eigenvalue weighted by atomic mass is 10.0. The first-order chi connectivity index (χ1) is 21.5. The molecule has 0 spiro atoms. The third-order valence-corrected chi connectivity index (χ3v) is 7.20. The maximum atomic E-state index is 13.4. The Hall–Kier alpha value is -4.52. The molecule has 1 heterocycles. The normalized spacial score (nSPS) is 17.5. The number of amides is 5. The van der Waals surface area contributed by atoms with Crippen molar-refractivity contribution in [3.05, 3.63) is 0 Å². The Labute approximate surface area is 266 Å². The number of aliphatic hydroxyl groups is 1. The number of carbonyl (C=O) groups excluding carboxylic acids is 5. The number of nitrogens with two attached hydrogens (primary N) is 3. The molecule has 1 fully saturated rings. The maximum Gasteiger partial charge on any atom is 0.328 e. The topological polar surface area (TPSA) is 322 Å². The quantitative estimate of drug-likeness (QED) is 0.0359. The van der Waals surface area contributed by atoms with Gasteiger partial charge in [-0.3, -0.25) is 33.8 Å². The Balaban J connectivity index is 3.00. The number of aliphatic carboxylic acids is 2. The van der Waals surface area contributed by atoms with E-state index in [4.69, 9.17) is 22.3 Å². The zero-order valence-corrected chi connectivity index (χ0v) is 26.2. The Morgan fingerprint density at radius 1 is 0.891 bits per heavy atom. The highest BCUT2D eigenvalue weighted by Gasteiger charge is 2.39. The molecular formula is C27H47N9O10. The van der Waals surface area contributed by atoms with Crippen molar-refractivity contribution in [2.45, 2.75) is 95.5 Å². The highest BCUT2D eigenvalue weighted by molar-refractivity contribution is 5.96. The molecule has 1 saturated heterocycles. The fourth-order valence-corrected chi connectivity index (χ4v) is 4.62. The van der Waals surface area contributed by atoms with Crippen molar-refractivity contribution < 1.29 is 48.9 Å². The molecule has 13 N–H and O–H groups in total. The fraction of sp³-hybridized carbons (Fsp3) is 0.704. The Kier molecular flexibility index (Phi) is 16.4. The molecule has 6 unspecified atom stereocenters. The van der Waals surface area contributed by atoms with E-state index in [2.05, 4.69) is 26.3 Å². The van der Waals surface area contributed by atoms with Crippen molar-refractivity contribution in [1.29, 1.82) is 0 Å². The van der Waals surface area contributed by atoms with Crippen molar-refractivity contribution in [3.63, 3.8) is 0 Å². The molecule has 0 aliphatic carbocycles. The van der Waals surface area contributed by atoms with Crippen LogP contribution in [0.5, 0.6) is 0 Å². The van der Waals surface area contributed by atoms with E-state index in [0.29, 0.717) is 6.42 Å². The molecule has 0 aromatic rings. The Bertz CT molecular complexity index is 1150. The standard InChI is InChI=1S/C27H47N9O10/c1-13(2)20(24(43)33-16(6-4-10-31-27(29)30)22(41)34-17(12-37)26(45)46)35-23(42)18-7-5-11-36(18)25(44)14(3)32-21(40)15(28)8-9-19(38)39/h13-18,20,37H,4-12,28H2,1-3H3,(H,32,40)(H,33,43)(H,34,41)(H,35,42)(H,38,39)(H,45,46)(H4,29,30,31). The summed E-state index contributed by atoms with van der Waals surface area (Å²) in [5, 5.41) is 37.0. The van der Waals surface area contributed by atoms with Crippen LogP contribution in [0.3, 0.4) is 0 Å². The molecule has 0 aromatic carbocycles. The molecule has 0 radical (unpaired) electrons. The van der Waals surface area contributed by atoms with Crippen molar-refractivity contribution in [2.75, 3.05) is 19.7 Å². The highest BCUT2D eigenvalue weighted by Crippen LogP contribution is 2.19. The zero-order chi connectivity index (χ0) is 35.1. The van der Waals surface area contributed by atoms with Crippen LogP contribution >= 0.6 is 0 Å². The summed E-state index contributed by atoms with van der Waals surface area (Å²) in [5.41, 5.74) is 16.3.